The van der Waals surface area contributed by atoms with Gasteiger partial charge in [0, 0.05) is 25.7 Å². The lowest BCUT2D eigenvalue weighted by Crippen LogP contribution is -2.38. The number of anilines is 1. The van der Waals surface area contributed by atoms with Gasteiger partial charge in [-0.1, -0.05) is 12.1 Å². The first-order valence-corrected chi connectivity index (χ1v) is 9.18. The van der Waals surface area contributed by atoms with Crippen LogP contribution in [0.5, 0.6) is 11.5 Å². The molecule has 2 rings (SSSR count). The van der Waals surface area contributed by atoms with Gasteiger partial charge in [-0.2, -0.15) is 0 Å². The van der Waals surface area contributed by atoms with Crippen LogP contribution in [0.2, 0.25) is 0 Å². The van der Waals surface area contributed by atoms with Crippen LogP contribution in [0.4, 0.5) is 5.69 Å². The topological polar surface area (TPSA) is 67.9 Å². The molecular weight excluding hydrogens is 356 g/mol. The third-order valence-electron chi connectivity index (χ3n) is 4.65. The number of carbonyl (C=O) groups is 2. The van der Waals surface area contributed by atoms with Crippen molar-refractivity contribution in [3.8, 4) is 11.5 Å². The molecule has 0 unspecified atom stereocenters. The summed E-state index contributed by atoms with van der Waals surface area (Å²) in [5, 5.41) is 2.87. The molecule has 28 heavy (non-hydrogen) atoms. The lowest BCUT2D eigenvalue weighted by molar-refractivity contribution is -0.121. The second-order valence-electron chi connectivity index (χ2n) is 6.66. The smallest absolute Gasteiger partial charge is 0.224 e. The van der Waals surface area contributed by atoms with Gasteiger partial charge < -0.3 is 19.7 Å². The molecule has 0 aromatic heterocycles. The molecule has 6 nitrogen and oxygen atoms in total. The fourth-order valence-corrected chi connectivity index (χ4v) is 2.91. The molecule has 6 heteroatoms. The van der Waals surface area contributed by atoms with Gasteiger partial charge in [0.25, 0.3) is 0 Å². The Morgan fingerprint density at radius 1 is 0.964 bits per heavy atom. The van der Waals surface area contributed by atoms with Gasteiger partial charge in [-0.3, -0.25) is 9.59 Å². The molecule has 0 fully saturated rings. The first-order chi connectivity index (χ1) is 13.3. The molecule has 0 spiro atoms. The van der Waals surface area contributed by atoms with Crippen molar-refractivity contribution in [3.05, 3.63) is 53.1 Å². The summed E-state index contributed by atoms with van der Waals surface area (Å²) in [6, 6.07) is 11.3. The van der Waals surface area contributed by atoms with Gasteiger partial charge >= 0.3 is 0 Å². The van der Waals surface area contributed by atoms with Crippen molar-refractivity contribution < 1.29 is 19.1 Å². The molecule has 0 saturated carbocycles. The number of nitrogens with one attached hydrogen (secondary N) is 1. The van der Waals surface area contributed by atoms with Gasteiger partial charge in [0.1, 0.15) is 0 Å². The van der Waals surface area contributed by atoms with Crippen molar-refractivity contribution in [2.24, 2.45) is 0 Å². The number of benzene rings is 2. The summed E-state index contributed by atoms with van der Waals surface area (Å²) in [5.74, 6) is 1.04. The van der Waals surface area contributed by atoms with Crippen LogP contribution in [-0.4, -0.2) is 39.1 Å². The summed E-state index contributed by atoms with van der Waals surface area (Å²) in [5.41, 5.74) is 3.97. The van der Waals surface area contributed by atoms with Crippen LogP contribution in [0.15, 0.2) is 36.4 Å². The van der Waals surface area contributed by atoms with E-state index in [-0.39, 0.29) is 18.2 Å². The van der Waals surface area contributed by atoms with Gasteiger partial charge in [-0.15, -0.1) is 0 Å². The zero-order valence-corrected chi connectivity index (χ0v) is 17.2. The van der Waals surface area contributed by atoms with Crippen LogP contribution in [-0.2, 0) is 16.0 Å². The predicted octanol–water partition coefficient (Wildman–Crippen LogP) is 3.03. The molecule has 0 saturated heterocycles. The maximum atomic E-state index is 12.3. The van der Waals surface area contributed by atoms with Crippen molar-refractivity contribution in [1.29, 1.82) is 0 Å². The zero-order valence-electron chi connectivity index (χ0n) is 17.2. The summed E-state index contributed by atoms with van der Waals surface area (Å²) in [7, 11) is 3.13. The van der Waals surface area contributed by atoms with Crippen LogP contribution in [0.3, 0.4) is 0 Å². The predicted molar refractivity (Wildman–Crippen MR) is 110 cm³/mol. The fraction of sp³-hybridized carbons (Fsp3) is 0.364. The Balaban J connectivity index is 1.94. The first-order valence-electron chi connectivity index (χ1n) is 9.18. The molecule has 0 aliphatic carbocycles. The molecule has 0 heterocycles. The standard InChI is InChI=1S/C22H28N2O4/c1-15-6-8-19(12-16(15)2)24(17(3)25)11-10-23-22(26)14-18-7-9-20(27-4)21(13-18)28-5/h6-9,12-13H,10-11,14H2,1-5H3,(H,23,26). The largest absolute Gasteiger partial charge is 0.493 e. The maximum absolute atomic E-state index is 12.3. The van der Waals surface area contributed by atoms with E-state index in [1.54, 1.807) is 31.3 Å². The second kappa shape index (κ2) is 9.78. The van der Waals surface area contributed by atoms with Gasteiger partial charge in [0.2, 0.25) is 11.8 Å². The highest BCUT2D eigenvalue weighted by molar-refractivity contribution is 5.91. The van der Waals surface area contributed by atoms with Crippen LogP contribution >= 0.6 is 0 Å². The molecule has 2 amide bonds. The number of methoxy groups -OCH3 is 2. The second-order valence-corrected chi connectivity index (χ2v) is 6.66. The Kier molecular flexibility index (Phi) is 7.44. The van der Waals surface area contributed by atoms with E-state index >= 15 is 0 Å². The third kappa shape index (κ3) is 5.49. The Labute approximate surface area is 166 Å². The minimum absolute atomic E-state index is 0.0580. The summed E-state index contributed by atoms with van der Waals surface area (Å²) in [6.07, 6.45) is 0.226. The SMILES string of the molecule is COc1ccc(CC(=O)NCCN(C(C)=O)c2ccc(C)c(C)c2)cc1OC. The Hall–Kier alpha value is -3.02. The van der Waals surface area contributed by atoms with E-state index < -0.39 is 0 Å². The van der Waals surface area contributed by atoms with Crippen molar-refractivity contribution in [2.45, 2.75) is 27.2 Å². The van der Waals surface area contributed by atoms with Gasteiger partial charge in [0.15, 0.2) is 11.5 Å². The number of hydrogen-bond donors (Lipinski definition) is 1. The van der Waals surface area contributed by atoms with Crippen molar-refractivity contribution in [3.63, 3.8) is 0 Å². The number of carbonyl (C=O) groups excluding carboxylic acids is 2. The number of amides is 2. The van der Waals surface area contributed by atoms with E-state index in [0.29, 0.717) is 24.6 Å². The number of rotatable bonds is 8. The highest BCUT2D eigenvalue weighted by atomic mass is 16.5. The first kappa shape index (κ1) is 21.3. The van der Waals surface area contributed by atoms with Crippen LogP contribution in [0.25, 0.3) is 0 Å². The molecular formula is C22H28N2O4. The number of ether oxygens (including phenoxy) is 2. The Morgan fingerprint density at radius 3 is 2.29 bits per heavy atom. The Bertz CT molecular complexity index is 848. The third-order valence-corrected chi connectivity index (χ3v) is 4.65. The van der Waals surface area contributed by atoms with Crippen LogP contribution < -0.4 is 19.7 Å². The molecule has 1 N–H and O–H groups in total. The van der Waals surface area contributed by atoms with Crippen molar-refractivity contribution >= 4 is 17.5 Å². The Morgan fingerprint density at radius 2 is 1.68 bits per heavy atom. The van der Waals surface area contributed by atoms with Gasteiger partial charge in [0.05, 0.1) is 20.6 Å². The molecule has 150 valence electrons. The average molecular weight is 384 g/mol. The normalized spacial score (nSPS) is 10.3. The van der Waals surface area contributed by atoms with E-state index in [0.717, 1.165) is 16.8 Å². The van der Waals surface area contributed by atoms with E-state index in [1.807, 2.05) is 38.1 Å². The van der Waals surface area contributed by atoms with E-state index in [2.05, 4.69) is 5.32 Å². The fourth-order valence-electron chi connectivity index (χ4n) is 2.91. The molecule has 2 aromatic carbocycles. The zero-order chi connectivity index (χ0) is 20.7. The summed E-state index contributed by atoms with van der Waals surface area (Å²) in [4.78, 5) is 26.0. The quantitative estimate of drug-likeness (QED) is 0.760. The highest BCUT2D eigenvalue weighted by Gasteiger charge is 2.13. The van der Waals surface area contributed by atoms with Crippen molar-refractivity contribution in [1.82, 2.24) is 5.32 Å². The molecule has 0 radical (unpaired) electrons. The molecule has 0 aliphatic rings. The van der Waals surface area contributed by atoms with Crippen LogP contribution in [0, 0.1) is 13.8 Å². The van der Waals surface area contributed by atoms with E-state index in [9.17, 15) is 9.59 Å². The van der Waals surface area contributed by atoms with E-state index in [1.165, 1.54) is 12.5 Å². The summed E-state index contributed by atoms with van der Waals surface area (Å²) >= 11 is 0. The summed E-state index contributed by atoms with van der Waals surface area (Å²) < 4.78 is 10.5. The molecule has 2 aromatic rings. The van der Waals surface area contributed by atoms with Crippen LogP contribution in [0.1, 0.15) is 23.6 Å². The minimum Gasteiger partial charge on any atom is -0.493 e. The molecule has 0 bridgehead atoms. The highest BCUT2D eigenvalue weighted by Crippen LogP contribution is 2.27. The number of hydrogen-bond acceptors (Lipinski definition) is 4. The molecule has 0 aliphatic heterocycles. The van der Waals surface area contributed by atoms with Crippen molar-refractivity contribution in [2.75, 3.05) is 32.2 Å². The number of nitrogens with zero attached hydrogens (tertiary/aromatic N) is 1. The minimum atomic E-state index is -0.115. The maximum Gasteiger partial charge on any atom is 0.224 e. The lowest BCUT2D eigenvalue weighted by Gasteiger charge is -2.22. The van der Waals surface area contributed by atoms with Gasteiger partial charge in [-0.05, 0) is 54.8 Å². The summed E-state index contributed by atoms with van der Waals surface area (Å²) in [6.45, 7) is 6.36. The molecule has 0 atom stereocenters. The van der Waals surface area contributed by atoms with E-state index in [4.69, 9.17) is 9.47 Å². The monoisotopic (exact) mass is 384 g/mol. The average Bonchev–Trinajstić information content (AvgIpc) is 2.67. The van der Waals surface area contributed by atoms with Gasteiger partial charge in [-0.25, -0.2) is 0 Å². The lowest BCUT2D eigenvalue weighted by atomic mass is 10.1. The number of aryl methyl sites for hydroxylation is 2.